The molecule has 22 heavy (non-hydrogen) atoms. The molecular formula is C17H16ClNO3. The van der Waals surface area contributed by atoms with Gasteiger partial charge in [0.2, 0.25) is 5.91 Å². The summed E-state index contributed by atoms with van der Waals surface area (Å²) in [6.07, 6.45) is 5.12. The molecule has 4 aliphatic carbocycles. The number of carbonyl (C=O) groups excluding carboxylic acids is 1. The highest BCUT2D eigenvalue weighted by molar-refractivity contribution is 6.30. The molecule has 6 atom stereocenters. The van der Waals surface area contributed by atoms with Crippen molar-refractivity contribution in [2.24, 2.45) is 35.5 Å². The number of halogens is 1. The summed E-state index contributed by atoms with van der Waals surface area (Å²) in [5, 5.41) is 13.0. The maximum atomic E-state index is 12.7. The number of carboxylic acid groups (broad SMARTS) is 1. The second-order valence-electron chi connectivity index (χ2n) is 6.49. The quantitative estimate of drug-likeness (QED) is 0.842. The first-order chi connectivity index (χ1) is 10.6. The van der Waals surface area contributed by atoms with Gasteiger partial charge in [0.1, 0.15) is 0 Å². The van der Waals surface area contributed by atoms with Crippen LogP contribution in [0.4, 0.5) is 5.69 Å². The van der Waals surface area contributed by atoms with Crippen LogP contribution in [-0.2, 0) is 9.59 Å². The highest BCUT2D eigenvalue weighted by Crippen LogP contribution is 2.63. The van der Waals surface area contributed by atoms with Crippen LogP contribution in [-0.4, -0.2) is 17.0 Å². The van der Waals surface area contributed by atoms with E-state index in [1.807, 2.05) is 6.08 Å². The van der Waals surface area contributed by atoms with Crippen molar-refractivity contribution in [2.45, 2.75) is 6.42 Å². The maximum Gasteiger partial charge on any atom is 0.307 e. The van der Waals surface area contributed by atoms with Crippen molar-refractivity contribution in [3.63, 3.8) is 0 Å². The zero-order valence-corrected chi connectivity index (χ0v) is 12.5. The van der Waals surface area contributed by atoms with E-state index in [9.17, 15) is 14.7 Å². The fourth-order valence-electron chi connectivity index (χ4n) is 4.36. The smallest absolute Gasteiger partial charge is 0.307 e. The second-order valence-corrected chi connectivity index (χ2v) is 6.93. The van der Waals surface area contributed by atoms with Crippen LogP contribution < -0.4 is 5.32 Å². The summed E-state index contributed by atoms with van der Waals surface area (Å²) in [5.74, 6) is -1.17. The molecule has 0 saturated heterocycles. The van der Waals surface area contributed by atoms with Crippen LogP contribution in [0, 0.1) is 35.5 Å². The largest absolute Gasteiger partial charge is 0.481 e. The van der Waals surface area contributed by atoms with Crippen molar-refractivity contribution < 1.29 is 14.7 Å². The number of nitrogens with one attached hydrogen (secondary N) is 1. The monoisotopic (exact) mass is 317 g/mol. The Kier molecular flexibility index (Phi) is 3.05. The molecule has 5 heteroatoms. The van der Waals surface area contributed by atoms with E-state index in [1.165, 1.54) is 0 Å². The van der Waals surface area contributed by atoms with Gasteiger partial charge in [-0.15, -0.1) is 0 Å². The number of anilines is 1. The minimum atomic E-state index is -0.865. The third-order valence-electron chi connectivity index (χ3n) is 5.33. The standard InChI is InChI=1S/C17H16ClNO3/c18-8-2-1-3-9(6-8)19-16(20)14-10-4-5-11(13-7-12(10)13)15(14)17(21)22/h1-6,10-15H,7H2,(H,19,20)(H,21,22). The van der Waals surface area contributed by atoms with Crippen molar-refractivity contribution in [3.8, 4) is 0 Å². The summed E-state index contributed by atoms with van der Waals surface area (Å²) in [6, 6.07) is 6.93. The van der Waals surface area contributed by atoms with Crippen LogP contribution in [0.15, 0.2) is 36.4 Å². The molecule has 114 valence electrons. The Labute approximate surface area is 133 Å². The zero-order chi connectivity index (χ0) is 15.4. The Morgan fingerprint density at radius 3 is 2.45 bits per heavy atom. The van der Waals surface area contributed by atoms with Gasteiger partial charge < -0.3 is 10.4 Å². The van der Waals surface area contributed by atoms with Crippen LogP contribution in [0.3, 0.4) is 0 Å². The molecule has 0 radical (unpaired) electrons. The number of hydrogen-bond donors (Lipinski definition) is 2. The predicted octanol–water partition coefficient (Wildman–Crippen LogP) is 3.05. The first kappa shape index (κ1) is 13.8. The van der Waals surface area contributed by atoms with E-state index in [0.29, 0.717) is 22.5 Å². The number of carbonyl (C=O) groups is 2. The minimum Gasteiger partial charge on any atom is -0.481 e. The van der Waals surface area contributed by atoms with Crippen LogP contribution in [0.25, 0.3) is 0 Å². The molecule has 1 aromatic carbocycles. The Morgan fingerprint density at radius 2 is 1.82 bits per heavy atom. The Hall–Kier alpha value is -1.81. The molecule has 2 N–H and O–H groups in total. The SMILES string of the molecule is O=C(O)C1C2C=CC(C3CC23)C1C(=O)Nc1cccc(Cl)c1. The highest BCUT2D eigenvalue weighted by Gasteiger charge is 2.62. The molecule has 1 aromatic rings. The van der Waals surface area contributed by atoms with Gasteiger partial charge in [-0.2, -0.15) is 0 Å². The molecule has 5 rings (SSSR count). The van der Waals surface area contributed by atoms with E-state index in [1.54, 1.807) is 24.3 Å². The van der Waals surface area contributed by atoms with Crippen molar-refractivity contribution in [1.29, 1.82) is 0 Å². The second kappa shape index (κ2) is 4.85. The van der Waals surface area contributed by atoms with Gasteiger partial charge in [-0.05, 0) is 48.3 Å². The van der Waals surface area contributed by atoms with E-state index < -0.39 is 17.8 Å². The lowest BCUT2D eigenvalue weighted by Gasteiger charge is -2.41. The normalized spacial score (nSPS) is 37.5. The lowest BCUT2D eigenvalue weighted by Crippen LogP contribution is -2.48. The van der Waals surface area contributed by atoms with Crippen LogP contribution >= 0.6 is 11.6 Å². The predicted molar refractivity (Wildman–Crippen MR) is 82.4 cm³/mol. The van der Waals surface area contributed by atoms with E-state index in [2.05, 4.69) is 11.4 Å². The number of allylic oxidation sites excluding steroid dienone is 2. The third-order valence-corrected chi connectivity index (χ3v) is 5.57. The van der Waals surface area contributed by atoms with Gasteiger partial charge in [0, 0.05) is 10.7 Å². The van der Waals surface area contributed by atoms with E-state index >= 15 is 0 Å². The summed E-state index contributed by atoms with van der Waals surface area (Å²) in [7, 11) is 0. The fraction of sp³-hybridized carbons (Fsp3) is 0.412. The summed E-state index contributed by atoms with van der Waals surface area (Å²) in [6.45, 7) is 0. The van der Waals surface area contributed by atoms with Gasteiger partial charge in [-0.1, -0.05) is 29.8 Å². The number of benzene rings is 1. The molecule has 0 heterocycles. The molecule has 1 amide bonds. The third kappa shape index (κ3) is 2.05. The number of carboxylic acids is 1. The average Bonchev–Trinajstić information content (AvgIpc) is 3.28. The maximum absolute atomic E-state index is 12.7. The Balaban J connectivity index is 1.61. The first-order valence-corrected chi connectivity index (χ1v) is 7.91. The van der Waals surface area contributed by atoms with E-state index in [0.717, 1.165) is 6.42 Å². The lowest BCUT2D eigenvalue weighted by molar-refractivity contribution is -0.152. The molecule has 6 unspecified atom stereocenters. The minimum absolute atomic E-state index is 0.00242. The number of amides is 1. The molecular weight excluding hydrogens is 302 g/mol. The van der Waals surface area contributed by atoms with Crippen molar-refractivity contribution >= 4 is 29.2 Å². The molecule has 0 aromatic heterocycles. The molecule has 2 fully saturated rings. The fourth-order valence-corrected chi connectivity index (χ4v) is 4.55. The van der Waals surface area contributed by atoms with Crippen molar-refractivity contribution in [2.75, 3.05) is 5.32 Å². The van der Waals surface area contributed by atoms with Crippen LogP contribution in [0.5, 0.6) is 0 Å². The van der Waals surface area contributed by atoms with Crippen molar-refractivity contribution in [1.82, 2.24) is 0 Å². The van der Waals surface area contributed by atoms with Gasteiger partial charge in [-0.3, -0.25) is 9.59 Å². The average molecular weight is 318 g/mol. The molecule has 0 aliphatic heterocycles. The molecule has 0 spiro atoms. The van der Waals surface area contributed by atoms with Gasteiger partial charge in [0.25, 0.3) is 0 Å². The number of rotatable bonds is 3. The highest BCUT2D eigenvalue weighted by atomic mass is 35.5. The van der Waals surface area contributed by atoms with Gasteiger partial charge in [-0.25, -0.2) is 0 Å². The van der Waals surface area contributed by atoms with E-state index in [-0.39, 0.29) is 17.7 Å². The summed E-state index contributed by atoms with van der Waals surface area (Å²) in [4.78, 5) is 24.4. The van der Waals surface area contributed by atoms with Gasteiger partial charge in [0.05, 0.1) is 11.8 Å². The van der Waals surface area contributed by atoms with Gasteiger partial charge >= 0.3 is 5.97 Å². The summed E-state index contributed by atoms with van der Waals surface area (Å²) >= 11 is 5.93. The summed E-state index contributed by atoms with van der Waals surface area (Å²) < 4.78 is 0. The zero-order valence-electron chi connectivity index (χ0n) is 11.8. The Bertz CT molecular complexity index is 686. The van der Waals surface area contributed by atoms with Gasteiger partial charge in [0.15, 0.2) is 0 Å². The molecule has 4 nitrogen and oxygen atoms in total. The number of hydrogen-bond acceptors (Lipinski definition) is 2. The topological polar surface area (TPSA) is 66.4 Å². The number of aliphatic carboxylic acids is 1. The van der Waals surface area contributed by atoms with E-state index in [4.69, 9.17) is 11.6 Å². The molecule has 4 aliphatic rings. The van der Waals surface area contributed by atoms with Crippen molar-refractivity contribution in [3.05, 3.63) is 41.4 Å². The van der Waals surface area contributed by atoms with Crippen LogP contribution in [0.1, 0.15) is 6.42 Å². The first-order valence-electron chi connectivity index (χ1n) is 7.54. The molecule has 2 bridgehead atoms. The molecule has 2 saturated carbocycles. The summed E-state index contributed by atoms with van der Waals surface area (Å²) in [5.41, 5.74) is 0.611. The van der Waals surface area contributed by atoms with Crippen LogP contribution in [0.2, 0.25) is 5.02 Å². The lowest BCUT2D eigenvalue weighted by atomic mass is 9.62. The Morgan fingerprint density at radius 1 is 1.14 bits per heavy atom. The number of fused-ring (bicyclic) bond motifs is 1.